The standard InChI is InChI=1S/C16H18N2O2/c1-3-15(19)14-6-7-18(11-14)10-12-4-5-13(9-17)16(8-12)20-2/h4-8,11,15,19H,3,10H2,1-2H3. The first-order chi connectivity index (χ1) is 9.67. The van der Waals surface area contributed by atoms with Crippen molar-refractivity contribution >= 4 is 0 Å². The molecule has 4 heteroatoms. The fraction of sp³-hybridized carbons (Fsp3) is 0.312. The molecule has 0 saturated heterocycles. The summed E-state index contributed by atoms with van der Waals surface area (Å²) in [6.07, 6.45) is 4.18. The highest BCUT2D eigenvalue weighted by atomic mass is 16.5. The molecule has 1 aromatic carbocycles. The lowest BCUT2D eigenvalue weighted by Crippen LogP contribution is -1.99. The van der Waals surface area contributed by atoms with Crippen LogP contribution in [0.15, 0.2) is 36.7 Å². The molecule has 1 heterocycles. The molecule has 104 valence electrons. The lowest BCUT2D eigenvalue weighted by atomic mass is 10.1. The maximum Gasteiger partial charge on any atom is 0.136 e. The number of ether oxygens (including phenoxy) is 1. The highest BCUT2D eigenvalue weighted by molar-refractivity contribution is 5.45. The monoisotopic (exact) mass is 270 g/mol. The SMILES string of the molecule is CCC(O)c1ccn(Cc2ccc(C#N)c(OC)c2)c1. The average molecular weight is 270 g/mol. The van der Waals surface area contributed by atoms with E-state index in [0.29, 0.717) is 24.3 Å². The zero-order valence-electron chi connectivity index (χ0n) is 11.7. The smallest absolute Gasteiger partial charge is 0.136 e. The molecule has 2 aromatic rings. The van der Waals surface area contributed by atoms with E-state index < -0.39 is 6.10 Å². The number of hydrogen-bond donors (Lipinski definition) is 1. The molecule has 1 N–H and O–H groups in total. The lowest BCUT2D eigenvalue weighted by Gasteiger charge is -2.08. The maximum atomic E-state index is 9.79. The molecule has 0 aliphatic rings. The van der Waals surface area contributed by atoms with Gasteiger partial charge in [-0.15, -0.1) is 0 Å². The number of nitriles is 1. The molecular formula is C16H18N2O2. The van der Waals surface area contributed by atoms with Crippen molar-refractivity contribution in [2.75, 3.05) is 7.11 Å². The van der Waals surface area contributed by atoms with Crippen molar-refractivity contribution in [3.8, 4) is 11.8 Å². The first kappa shape index (κ1) is 14.2. The molecule has 1 unspecified atom stereocenters. The van der Waals surface area contributed by atoms with E-state index in [-0.39, 0.29) is 0 Å². The number of aromatic nitrogens is 1. The molecule has 0 bridgehead atoms. The van der Waals surface area contributed by atoms with Crippen molar-refractivity contribution < 1.29 is 9.84 Å². The highest BCUT2D eigenvalue weighted by Gasteiger charge is 2.08. The Kier molecular flexibility index (Phi) is 4.44. The fourth-order valence-corrected chi connectivity index (χ4v) is 2.13. The van der Waals surface area contributed by atoms with Crippen LogP contribution < -0.4 is 4.74 Å². The van der Waals surface area contributed by atoms with Crippen molar-refractivity contribution in [1.29, 1.82) is 5.26 Å². The Morgan fingerprint density at radius 3 is 2.85 bits per heavy atom. The zero-order chi connectivity index (χ0) is 14.5. The van der Waals surface area contributed by atoms with Crippen LogP contribution in [-0.4, -0.2) is 16.8 Å². The summed E-state index contributed by atoms with van der Waals surface area (Å²) in [5.74, 6) is 0.589. The molecule has 0 amide bonds. The molecular weight excluding hydrogens is 252 g/mol. The summed E-state index contributed by atoms with van der Waals surface area (Å²) in [5.41, 5.74) is 2.51. The predicted molar refractivity (Wildman–Crippen MR) is 76.5 cm³/mol. The minimum Gasteiger partial charge on any atom is -0.495 e. The molecule has 0 aliphatic carbocycles. The number of hydrogen-bond acceptors (Lipinski definition) is 3. The van der Waals surface area contributed by atoms with Crippen molar-refractivity contribution in [2.24, 2.45) is 0 Å². The van der Waals surface area contributed by atoms with E-state index in [4.69, 9.17) is 10.00 Å². The average Bonchev–Trinajstić information content (AvgIpc) is 2.94. The quantitative estimate of drug-likeness (QED) is 0.908. The van der Waals surface area contributed by atoms with Gasteiger partial charge in [0.1, 0.15) is 11.8 Å². The minimum absolute atomic E-state index is 0.410. The van der Waals surface area contributed by atoms with E-state index in [2.05, 4.69) is 6.07 Å². The summed E-state index contributed by atoms with van der Waals surface area (Å²) in [6.45, 7) is 2.63. The van der Waals surface area contributed by atoms with Crippen LogP contribution >= 0.6 is 0 Å². The Balaban J connectivity index is 2.18. The van der Waals surface area contributed by atoms with Gasteiger partial charge in [-0.1, -0.05) is 13.0 Å². The van der Waals surface area contributed by atoms with Crippen molar-refractivity contribution in [1.82, 2.24) is 4.57 Å². The number of benzene rings is 1. The van der Waals surface area contributed by atoms with Gasteiger partial charge in [-0.05, 0) is 35.7 Å². The van der Waals surface area contributed by atoms with Crippen LogP contribution in [0.5, 0.6) is 5.75 Å². The van der Waals surface area contributed by atoms with E-state index in [9.17, 15) is 5.11 Å². The van der Waals surface area contributed by atoms with Gasteiger partial charge in [0.15, 0.2) is 0 Å². The normalized spacial score (nSPS) is 11.9. The number of aliphatic hydroxyl groups is 1. The first-order valence-corrected chi connectivity index (χ1v) is 6.58. The summed E-state index contributed by atoms with van der Waals surface area (Å²) in [4.78, 5) is 0. The van der Waals surface area contributed by atoms with Crippen LogP contribution in [0.1, 0.15) is 36.1 Å². The second kappa shape index (κ2) is 6.27. The van der Waals surface area contributed by atoms with Crippen molar-refractivity contribution in [3.63, 3.8) is 0 Å². The van der Waals surface area contributed by atoms with Gasteiger partial charge in [-0.25, -0.2) is 0 Å². The van der Waals surface area contributed by atoms with Gasteiger partial charge in [-0.2, -0.15) is 5.26 Å². The third kappa shape index (κ3) is 3.01. The summed E-state index contributed by atoms with van der Waals surface area (Å²) < 4.78 is 7.21. The van der Waals surface area contributed by atoms with Crippen molar-refractivity contribution in [2.45, 2.75) is 26.0 Å². The summed E-state index contributed by atoms with van der Waals surface area (Å²) in [5, 5.41) is 18.7. The fourth-order valence-electron chi connectivity index (χ4n) is 2.13. The predicted octanol–water partition coefficient (Wildman–Crippen LogP) is 2.86. The third-order valence-electron chi connectivity index (χ3n) is 3.30. The molecule has 0 spiro atoms. The van der Waals surface area contributed by atoms with Crippen LogP contribution in [0.4, 0.5) is 0 Å². The largest absolute Gasteiger partial charge is 0.495 e. The second-order valence-electron chi connectivity index (χ2n) is 4.69. The zero-order valence-corrected chi connectivity index (χ0v) is 11.7. The van der Waals surface area contributed by atoms with E-state index in [1.807, 2.05) is 42.1 Å². The van der Waals surface area contributed by atoms with Crippen molar-refractivity contribution in [3.05, 3.63) is 53.3 Å². The molecule has 0 aliphatic heterocycles. The van der Waals surface area contributed by atoms with Gasteiger partial charge in [0, 0.05) is 18.9 Å². The van der Waals surface area contributed by atoms with E-state index >= 15 is 0 Å². The highest BCUT2D eigenvalue weighted by Crippen LogP contribution is 2.21. The first-order valence-electron chi connectivity index (χ1n) is 6.58. The minimum atomic E-state index is -0.410. The molecule has 1 atom stereocenters. The van der Waals surface area contributed by atoms with Gasteiger partial charge in [0.2, 0.25) is 0 Å². The topological polar surface area (TPSA) is 58.2 Å². The summed E-state index contributed by atoms with van der Waals surface area (Å²) >= 11 is 0. The Labute approximate surface area is 118 Å². The Morgan fingerprint density at radius 1 is 1.40 bits per heavy atom. The van der Waals surface area contributed by atoms with Crippen LogP contribution in [0, 0.1) is 11.3 Å². The number of rotatable bonds is 5. The molecule has 2 rings (SSSR count). The second-order valence-corrected chi connectivity index (χ2v) is 4.69. The molecule has 1 aromatic heterocycles. The molecule has 4 nitrogen and oxygen atoms in total. The Bertz CT molecular complexity index is 626. The van der Waals surface area contributed by atoms with Gasteiger partial charge in [0.05, 0.1) is 18.8 Å². The Morgan fingerprint density at radius 2 is 2.20 bits per heavy atom. The lowest BCUT2D eigenvalue weighted by molar-refractivity contribution is 0.173. The molecule has 20 heavy (non-hydrogen) atoms. The van der Waals surface area contributed by atoms with Gasteiger partial charge < -0.3 is 14.4 Å². The Hall–Kier alpha value is -2.25. The number of nitrogens with zero attached hydrogens (tertiary/aromatic N) is 2. The van der Waals surface area contributed by atoms with Crippen LogP contribution in [0.3, 0.4) is 0 Å². The molecule has 0 fully saturated rings. The number of methoxy groups -OCH3 is 1. The third-order valence-corrected chi connectivity index (χ3v) is 3.30. The van der Waals surface area contributed by atoms with E-state index in [0.717, 1.165) is 11.1 Å². The summed E-state index contributed by atoms with van der Waals surface area (Å²) in [7, 11) is 1.56. The van der Waals surface area contributed by atoms with E-state index in [1.54, 1.807) is 13.2 Å². The van der Waals surface area contributed by atoms with E-state index in [1.165, 1.54) is 0 Å². The molecule has 0 saturated carbocycles. The van der Waals surface area contributed by atoms with Gasteiger partial charge in [0.25, 0.3) is 0 Å². The molecule has 0 radical (unpaired) electrons. The van der Waals surface area contributed by atoms with Crippen LogP contribution in [0.2, 0.25) is 0 Å². The van der Waals surface area contributed by atoms with Gasteiger partial charge in [-0.3, -0.25) is 0 Å². The maximum absolute atomic E-state index is 9.79. The number of aliphatic hydroxyl groups excluding tert-OH is 1. The van der Waals surface area contributed by atoms with Gasteiger partial charge >= 0.3 is 0 Å². The van der Waals surface area contributed by atoms with Crippen LogP contribution in [0.25, 0.3) is 0 Å². The summed E-state index contributed by atoms with van der Waals surface area (Å²) in [6, 6.07) is 9.57. The van der Waals surface area contributed by atoms with Crippen LogP contribution in [-0.2, 0) is 6.54 Å².